The number of ether oxygens (including phenoxy) is 2. The van der Waals surface area contributed by atoms with Crippen LogP contribution in [0.1, 0.15) is 32.8 Å². The molecule has 0 unspecified atom stereocenters. The highest BCUT2D eigenvalue weighted by Crippen LogP contribution is 2.37. The smallest absolute Gasteiger partial charge is 0.175 e. The molecule has 0 radical (unpaired) electrons. The van der Waals surface area contributed by atoms with Crippen molar-refractivity contribution in [3.05, 3.63) is 22.2 Å². The van der Waals surface area contributed by atoms with E-state index in [0.717, 1.165) is 47.6 Å². The molecule has 23 heavy (non-hydrogen) atoms. The number of hydrogen-bond donors (Lipinski definition) is 3. The number of halogens is 1. The predicted molar refractivity (Wildman–Crippen MR) is 97.4 cm³/mol. The molecular formula is C17H29BrN2O3. The van der Waals surface area contributed by atoms with Gasteiger partial charge in [0.25, 0.3) is 0 Å². The van der Waals surface area contributed by atoms with Crippen molar-refractivity contribution < 1.29 is 14.6 Å². The summed E-state index contributed by atoms with van der Waals surface area (Å²) in [5.74, 6) is 1.54. The molecule has 1 aromatic carbocycles. The Labute approximate surface area is 147 Å². The minimum Gasteiger partial charge on any atom is -0.490 e. The van der Waals surface area contributed by atoms with Crippen molar-refractivity contribution in [2.45, 2.75) is 39.8 Å². The fraction of sp³-hybridized carbons (Fsp3) is 0.647. The molecule has 132 valence electrons. The maximum absolute atomic E-state index is 8.69. The standard InChI is InChI=1S/C17H29BrN2O3/c1-4-22-16-11-14(10-15(18)17(16)23-13(2)3)12-20-7-5-6-19-8-9-21/h10-11,13,19-21H,4-9,12H2,1-3H3. The van der Waals surface area contributed by atoms with Gasteiger partial charge in [0.05, 0.1) is 23.8 Å². The van der Waals surface area contributed by atoms with Crippen LogP contribution in [0, 0.1) is 0 Å². The minimum absolute atomic E-state index is 0.0981. The lowest BCUT2D eigenvalue weighted by molar-refractivity contribution is 0.222. The van der Waals surface area contributed by atoms with Crippen molar-refractivity contribution >= 4 is 15.9 Å². The molecule has 0 heterocycles. The largest absolute Gasteiger partial charge is 0.490 e. The molecule has 0 aliphatic carbocycles. The molecule has 0 aromatic heterocycles. The topological polar surface area (TPSA) is 62.8 Å². The van der Waals surface area contributed by atoms with E-state index in [1.54, 1.807) is 0 Å². The van der Waals surface area contributed by atoms with Crippen molar-refractivity contribution in [2.75, 3.05) is 32.8 Å². The van der Waals surface area contributed by atoms with Crippen LogP contribution < -0.4 is 20.1 Å². The maximum atomic E-state index is 8.69. The van der Waals surface area contributed by atoms with E-state index < -0.39 is 0 Å². The molecule has 0 bridgehead atoms. The highest BCUT2D eigenvalue weighted by Gasteiger charge is 2.13. The zero-order valence-corrected chi connectivity index (χ0v) is 15.9. The first kappa shape index (κ1) is 20.2. The van der Waals surface area contributed by atoms with Crippen LogP contribution >= 0.6 is 15.9 Å². The SMILES string of the molecule is CCOc1cc(CNCCCNCCO)cc(Br)c1OC(C)C. The normalized spacial score (nSPS) is 11.0. The second-order valence-electron chi connectivity index (χ2n) is 5.51. The van der Waals surface area contributed by atoms with Crippen LogP contribution in [0.2, 0.25) is 0 Å². The predicted octanol–water partition coefficient (Wildman–Crippen LogP) is 2.70. The lowest BCUT2D eigenvalue weighted by atomic mass is 10.2. The van der Waals surface area contributed by atoms with Gasteiger partial charge in [0.2, 0.25) is 0 Å². The number of aliphatic hydroxyl groups is 1. The van der Waals surface area contributed by atoms with Crippen molar-refractivity contribution in [2.24, 2.45) is 0 Å². The van der Waals surface area contributed by atoms with Gasteiger partial charge in [-0.3, -0.25) is 0 Å². The van der Waals surface area contributed by atoms with Gasteiger partial charge in [-0.1, -0.05) is 0 Å². The summed E-state index contributed by atoms with van der Waals surface area (Å²) in [6.07, 6.45) is 1.12. The molecule has 6 heteroatoms. The molecule has 0 atom stereocenters. The van der Waals surface area contributed by atoms with E-state index in [9.17, 15) is 0 Å². The van der Waals surface area contributed by atoms with Gasteiger partial charge in [-0.25, -0.2) is 0 Å². The summed E-state index contributed by atoms with van der Waals surface area (Å²) in [7, 11) is 0. The van der Waals surface area contributed by atoms with E-state index in [2.05, 4.69) is 32.6 Å². The third kappa shape index (κ3) is 8.01. The maximum Gasteiger partial charge on any atom is 0.175 e. The highest BCUT2D eigenvalue weighted by molar-refractivity contribution is 9.10. The number of nitrogens with one attached hydrogen (secondary N) is 2. The summed E-state index contributed by atoms with van der Waals surface area (Å²) >= 11 is 3.58. The molecule has 0 aliphatic heterocycles. The monoisotopic (exact) mass is 388 g/mol. The fourth-order valence-corrected chi connectivity index (χ4v) is 2.69. The minimum atomic E-state index is 0.0981. The first-order valence-electron chi connectivity index (χ1n) is 8.22. The molecular weight excluding hydrogens is 360 g/mol. The summed E-state index contributed by atoms with van der Waals surface area (Å²) in [5.41, 5.74) is 1.15. The Balaban J connectivity index is 2.55. The second-order valence-corrected chi connectivity index (χ2v) is 6.36. The Bertz CT molecular complexity index is 456. The molecule has 3 N–H and O–H groups in total. The van der Waals surface area contributed by atoms with Crippen LogP contribution in [0.4, 0.5) is 0 Å². The highest BCUT2D eigenvalue weighted by atomic mass is 79.9. The first-order valence-corrected chi connectivity index (χ1v) is 9.02. The summed E-state index contributed by atoms with van der Waals surface area (Å²) in [6.45, 7) is 10.0. The van der Waals surface area contributed by atoms with Crippen LogP contribution in [0.5, 0.6) is 11.5 Å². The average molecular weight is 389 g/mol. The van der Waals surface area contributed by atoms with Gasteiger partial charge in [-0.05, 0) is 73.9 Å². The van der Waals surface area contributed by atoms with Gasteiger partial charge < -0.3 is 25.2 Å². The van der Waals surface area contributed by atoms with E-state index in [-0.39, 0.29) is 12.7 Å². The Morgan fingerprint density at radius 1 is 1.17 bits per heavy atom. The van der Waals surface area contributed by atoms with Crippen molar-refractivity contribution in [1.82, 2.24) is 10.6 Å². The van der Waals surface area contributed by atoms with Gasteiger partial charge in [0.1, 0.15) is 0 Å². The van der Waals surface area contributed by atoms with Gasteiger partial charge in [0.15, 0.2) is 11.5 Å². The van der Waals surface area contributed by atoms with E-state index in [4.69, 9.17) is 14.6 Å². The van der Waals surface area contributed by atoms with Gasteiger partial charge in [0, 0.05) is 13.1 Å². The molecule has 0 saturated heterocycles. The zero-order chi connectivity index (χ0) is 17.1. The Morgan fingerprint density at radius 2 is 1.91 bits per heavy atom. The molecule has 1 aromatic rings. The summed E-state index contributed by atoms with van der Waals surface area (Å²) in [4.78, 5) is 0. The second kappa shape index (κ2) is 11.7. The van der Waals surface area contributed by atoms with Crippen LogP contribution in [0.3, 0.4) is 0 Å². The Kier molecular flexibility index (Phi) is 10.3. The third-order valence-electron chi connectivity index (χ3n) is 3.05. The molecule has 0 spiro atoms. The van der Waals surface area contributed by atoms with E-state index in [1.807, 2.05) is 26.8 Å². The van der Waals surface area contributed by atoms with Crippen LogP contribution in [0.25, 0.3) is 0 Å². The van der Waals surface area contributed by atoms with Crippen molar-refractivity contribution in [1.29, 1.82) is 0 Å². The van der Waals surface area contributed by atoms with E-state index in [1.165, 1.54) is 0 Å². The molecule has 5 nitrogen and oxygen atoms in total. The van der Waals surface area contributed by atoms with Crippen LogP contribution in [0.15, 0.2) is 16.6 Å². The summed E-state index contributed by atoms with van der Waals surface area (Å²) < 4.78 is 12.5. The number of aliphatic hydroxyl groups excluding tert-OH is 1. The van der Waals surface area contributed by atoms with Gasteiger partial charge in [-0.15, -0.1) is 0 Å². The number of rotatable bonds is 12. The lowest BCUT2D eigenvalue weighted by Gasteiger charge is -2.17. The molecule has 0 aliphatic rings. The van der Waals surface area contributed by atoms with Gasteiger partial charge in [-0.2, -0.15) is 0 Å². The third-order valence-corrected chi connectivity index (χ3v) is 3.64. The van der Waals surface area contributed by atoms with Crippen molar-refractivity contribution in [3.63, 3.8) is 0 Å². The van der Waals surface area contributed by atoms with Crippen LogP contribution in [-0.4, -0.2) is 44.1 Å². The van der Waals surface area contributed by atoms with Crippen LogP contribution in [-0.2, 0) is 6.54 Å². The van der Waals surface area contributed by atoms with E-state index in [0.29, 0.717) is 13.2 Å². The van der Waals surface area contributed by atoms with Gasteiger partial charge >= 0.3 is 0 Å². The zero-order valence-electron chi connectivity index (χ0n) is 14.3. The summed E-state index contributed by atoms with van der Waals surface area (Å²) in [5, 5.41) is 15.3. The number of benzene rings is 1. The summed E-state index contributed by atoms with van der Waals surface area (Å²) in [6, 6.07) is 4.10. The Hall–Kier alpha value is -0.820. The quantitative estimate of drug-likeness (QED) is 0.480. The van der Waals surface area contributed by atoms with Crippen molar-refractivity contribution in [3.8, 4) is 11.5 Å². The average Bonchev–Trinajstić information content (AvgIpc) is 2.50. The molecule has 0 fully saturated rings. The lowest BCUT2D eigenvalue weighted by Crippen LogP contribution is -2.23. The fourth-order valence-electron chi connectivity index (χ4n) is 2.11. The molecule has 0 saturated carbocycles. The van der Waals surface area contributed by atoms with E-state index >= 15 is 0 Å². The number of hydrogen-bond acceptors (Lipinski definition) is 5. The molecule has 1 rings (SSSR count). The first-order chi connectivity index (χ1) is 11.1. The molecule has 0 amide bonds. The Morgan fingerprint density at radius 3 is 2.57 bits per heavy atom.